The first-order chi connectivity index (χ1) is 11.0. The number of thiazole rings is 1. The van der Waals surface area contributed by atoms with Gasteiger partial charge >= 0.3 is 0 Å². The molecule has 4 atom stereocenters. The molecule has 1 aromatic carbocycles. The molecule has 0 spiro atoms. The molecule has 2 aromatic rings. The Morgan fingerprint density at radius 1 is 1.39 bits per heavy atom. The van der Waals surface area contributed by atoms with Crippen LogP contribution < -0.4 is 5.32 Å². The summed E-state index contributed by atoms with van der Waals surface area (Å²) in [6.45, 7) is 5.27. The quantitative estimate of drug-likeness (QED) is 0.911. The van der Waals surface area contributed by atoms with Gasteiger partial charge < -0.3 is 4.74 Å². The molecule has 1 aromatic heterocycles. The maximum atomic E-state index is 13.1. The van der Waals surface area contributed by atoms with Crippen molar-refractivity contribution >= 4 is 32.6 Å². The van der Waals surface area contributed by atoms with E-state index >= 15 is 0 Å². The Morgan fingerprint density at radius 2 is 2.22 bits per heavy atom. The molecular weight excluding hydrogens is 308 g/mol. The van der Waals surface area contributed by atoms with Crippen LogP contribution in [0.15, 0.2) is 24.3 Å². The highest BCUT2D eigenvalue weighted by Gasteiger charge is 2.78. The molecule has 1 aliphatic heterocycles. The molecule has 2 aliphatic carbocycles. The minimum absolute atomic E-state index is 0.00461. The van der Waals surface area contributed by atoms with Gasteiger partial charge in [-0.05, 0) is 37.3 Å². The third-order valence-electron chi connectivity index (χ3n) is 7.08. The molecule has 0 radical (unpaired) electrons. The van der Waals surface area contributed by atoms with Gasteiger partial charge in [0.2, 0.25) is 0 Å². The van der Waals surface area contributed by atoms with Crippen molar-refractivity contribution in [1.82, 2.24) is 4.98 Å². The van der Waals surface area contributed by atoms with Gasteiger partial charge in [-0.25, -0.2) is 4.98 Å². The van der Waals surface area contributed by atoms with Crippen LogP contribution in [-0.2, 0) is 9.53 Å². The Bertz CT molecular complexity index is 800. The number of benzene rings is 1. The molecule has 0 unspecified atom stereocenters. The third-order valence-corrected chi connectivity index (χ3v) is 8.03. The number of carbonyl (C=O) groups excluding carboxylic acids is 1. The lowest BCUT2D eigenvalue weighted by molar-refractivity contribution is -0.149. The van der Waals surface area contributed by atoms with E-state index in [4.69, 9.17) is 4.74 Å². The zero-order valence-electron chi connectivity index (χ0n) is 13.4. The normalized spacial score (nSPS) is 40.9. The average molecular weight is 328 g/mol. The minimum Gasteiger partial charge on any atom is -0.364 e. The summed E-state index contributed by atoms with van der Waals surface area (Å²) in [5.74, 6) is 0.618. The Hall–Kier alpha value is -1.46. The zero-order chi connectivity index (χ0) is 15.9. The highest BCUT2D eigenvalue weighted by Crippen LogP contribution is 2.75. The van der Waals surface area contributed by atoms with Gasteiger partial charge in [0.1, 0.15) is 0 Å². The average Bonchev–Trinajstić information content (AvgIpc) is 3.17. The van der Waals surface area contributed by atoms with Gasteiger partial charge in [0.15, 0.2) is 10.7 Å². The SMILES string of the molecule is C[C@@]12CC[C@H]3C[C@@]1(C(=O)Nc1nc4ccccc4s1)OC[C@@]32C. The largest absolute Gasteiger partial charge is 0.364 e. The summed E-state index contributed by atoms with van der Waals surface area (Å²) in [6, 6.07) is 7.97. The zero-order valence-corrected chi connectivity index (χ0v) is 14.2. The van der Waals surface area contributed by atoms with Crippen LogP contribution in [0, 0.1) is 16.7 Å². The molecular formula is C18H20N2O2S. The van der Waals surface area contributed by atoms with Crippen LogP contribution in [0.4, 0.5) is 5.13 Å². The smallest absolute Gasteiger partial charge is 0.259 e. The van der Waals surface area contributed by atoms with Crippen LogP contribution in [0.1, 0.15) is 33.1 Å². The summed E-state index contributed by atoms with van der Waals surface area (Å²) in [5.41, 5.74) is 0.368. The number of carbonyl (C=O) groups is 1. The van der Waals surface area contributed by atoms with Crippen LogP contribution in [0.5, 0.6) is 0 Å². The Kier molecular flexibility index (Phi) is 2.51. The van der Waals surface area contributed by atoms with E-state index < -0.39 is 5.60 Å². The molecule has 3 aliphatic rings. The van der Waals surface area contributed by atoms with E-state index in [2.05, 4.69) is 24.1 Å². The van der Waals surface area contributed by atoms with Gasteiger partial charge in [-0.1, -0.05) is 37.3 Å². The summed E-state index contributed by atoms with van der Waals surface area (Å²) in [5, 5.41) is 3.74. The minimum atomic E-state index is -0.664. The summed E-state index contributed by atoms with van der Waals surface area (Å²) >= 11 is 1.53. The first-order valence-electron chi connectivity index (χ1n) is 8.30. The molecule has 3 fully saturated rings. The number of nitrogens with zero attached hydrogens (tertiary/aromatic N) is 1. The van der Waals surface area contributed by atoms with Crippen molar-refractivity contribution in [2.24, 2.45) is 16.7 Å². The highest BCUT2D eigenvalue weighted by molar-refractivity contribution is 7.22. The van der Waals surface area contributed by atoms with Crippen LogP contribution in [-0.4, -0.2) is 23.1 Å². The number of anilines is 1. The monoisotopic (exact) mass is 328 g/mol. The Balaban J connectivity index is 1.49. The van der Waals surface area contributed by atoms with Crippen molar-refractivity contribution in [3.8, 4) is 0 Å². The number of fused-ring (bicyclic) bond motifs is 1. The Labute approximate surface area is 139 Å². The van der Waals surface area contributed by atoms with Gasteiger partial charge in [0.25, 0.3) is 5.91 Å². The molecule has 4 bridgehead atoms. The second kappa shape index (κ2) is 4.14. The van der Waals surface area contributed by atoms with Crippen LogP contribution >= 0.6 is 11.3 Å². The van der Waals surface area contributed by atoms with Crippen molar-refractivity contribution in [3.05, 3.63) is 24.3 Å². The first-order valence-corrected chi connectivity index (χ1v) is 9.11. The standard InChI is InChI=1S/C18H20N2O2S/c1-16-10-22-18(9-11(16)7-8-17(16,18)2)14(21)20-15-19-12-5-3-4-6-13(12)23-15/h3-6,11H,7-10H2,1-2H3,(H,19,20,21)/t11-,16-,17-,18-/m0/s1. The fourth-order valence-corrected chi connectivity index (χ4v) is 6.24. The second-order valence-electron chi connectivity index (χ2n) is 7.75. The van der Waals surface area contributed by atoms with Gasteiger partial charge in [-0.2, -0.15) is 0 Å². The lowest BCUT2D eigenvalue weighted by atomic mass is 9.66. The van der Waals surface area contributed by atoms with Crippen LogP contribution in [0.3, 0.4) is 0 Å². The summed E-state index contributed by atoms with van der Waals surface area (Å²) in [7, 11) is 0. The van der Waals surface area contributed by atoms with Crippen molar-refractivity contribution in [3.63, 3.8) is 0 Å². The third kappa shape index (κ3) is 1.46. The van der Waals surface area contributed by atoms with Crippen molar-refractivity contribution < 1.29 is 9.53 Å². The number of ether oxygens (including phenoxy) is 1. The van der Waals surface area contributed by atoms with Crippen molar-refractivity contribution in [2.45, 2.75) is 38.7 Å². The van der Waals surface area contributed by atoms with Gasteiger partial charge in [0, 0.05) is 10.8 Å². The number of hydrogen-bond acceptors (Lipinski definition) is 4. The van der Waals surface area contributed by atoms with E-state index in [0.29, 0.717) is 17.7 Å². The van der Waals surface area contributed by atoms with E-state index in [0.717, 1.165) is 23.1 Å². The van der Waals surface area contributed by atoms with Gasteiger partial charge in [-0.3, -0.25) is 10.1 Å². The molecule has 2 heterocycles. The van der Waals surface area contributed by atoms with Crippen molar-refractivity contribution in [1.29, 1.82) is 0 Å². The Morgan fingerprint density at radius 3 is 2.96 bits per heavy atom. The lowest BCUT2D eigenvalue weighted by Gasteiger charge is -2.39. The maximum absolute atomic E-state index is 13.1. The van der Waals surface area contributed by atoms with Crippen LogP contribution in [0.2, 0.25) is 0 Å². The van der Waals surface area contributed by atoms with Gasteiger partial charge in [0.05, 0.1) is 16.8 Å². The fourth-order valence-electron chi connectivity index (χ4n) is 5.38. The second-order valence-corrected chi connectivity index (χ2v) is 8.78. The summed E-state index contributed by atoms with van der Waals surface area (Å²) in [4.78, 5) is 17.7. The lowest BCUT2D eigenvalue weighted by Crippen LogP contribution is -2.52. The molecule has 120 valence electrons. The predicted octanol–water partition coefficient (Wildman–Crippen LogP) is 3.83. The molecule has 1 amide bonds. The molecule has 5 heteroatoms. The molecule has 2 saturated carbocycles. The number of rotatable bonds is 2. The molecule has 1 saturated heterocycles. The number of para-hydroxylation sites is 1. The van der Waals surface area contributed by atoms with E-state index in [1.807, 2.05) is 24.3 Å². The fraction of sp³-hybridized carbons (Fsp3) is 0.556. The first kappa shape index (κ1) is 13.9. The predicted molar refractivity (Wildman–Crippen MR) is 90.5 cm³/mol. The van der Waals surface area contributed by atoms with E-state index in [-0.39, 0.29) is 16.7 Å². The number of amides is 1. The summed E-state index contributed by atoms with van der Waals surface area (Å²) < 4.78 is 7.25. The topological polar surface area (TPSA) is 51.2 Å². The maximum Gasteiger partial charge on any atom is 0.259 e. The number of nitrogens with one attached hydrogen (secondary N) is 1. The van der Waals surface area contributed by atoms with Gasteiger partial charge in [-0.15, -0.1) is 0 Å². The van der Waals surface area contributed by atoms with E-state index in [1.165, 1.54) is 17.8 Å². The summed E-state index contributed by atoms with van der Waals surface area (Å²) in [6.07, 6.45) is 3.17. The van der Waals surface area contributed by atoms with Crippen molar-refractivity contribution in [2.75, 3.05) is 11.9 Å². The highest BCUT2D eigenvalue weighted by atomic mass is 32.1. The number of hydrogen-bond donors (Lipinski definition) is 1. The van der Waals surface area contributed by atoms with E-state index in [1.54, 1.807) is 0 Å². The molecule has 4 nitrogen and oxygen atoms in total. The van der Waals surface area contributed by atoms with E-state index in [9.17, 15) is 4.79 Å². The number of aromatic nitrogens is 1. The molecule has 23 heavy (non-hydrogen) atoms. The molecule has 1 N–H and O–H groups in total. The molecule has 5 rings (SSSR count). The van der Waals surface area contributed by atoms with Crippen LogP contribution in [0.25, 0.3) is 10.2 Å².